The summed E-state index contributed by atoms with van der Waals surface area (Å²) in [4.78, 5) is 20.8. The smallest absolute Gasteiger partial charge is 0.340 e. The largest absolute Gasteiger partial charge is 0.478 e. The van der Waals surface area contributed by atoms with Gasteiger partial charge in [0.25, 0.3) is 0 Å². The fraction of sp³-hybridized carbons (Fsp3) is 0.706. The first-order valence-electron chi connectivity index (χ1n) is 8.51. The Morgan fingerprint density at radius 3 is 2.65 bits per heavy atom. The SMILES string of the molecule is Cc1nc(C2CCCCC2)nc(SCC2CCCO2)c1C(=O)O. The highest BCUT2D eigenvalue weighted by Crippen LogP contribution is 2.33. The summed E-state index contributed by atoms with van der Waals surface area (Å²) in [6.07, 6.45) is 8.29. The Labute approximate surface area is 141 Å². The van der Waals surface area contributed by atoms with Crippen LogP contribution >= 0.6 is 11.8 Å². The van der Waals surface area contributed by atoms with Crippen molar-refractivity contribution in [3.8, 4) is 0 Å². The highest BCUT2D eigenvalue weighted by Gasteiger charge is 2.25. The molecule has 1 aromatic heterocycles. The van der Waals surface area contributed by atoms with Crippen molar-refractivity contribution in [2.24, 2.45) is 0 Å². The van der Waals surface area contributed by atoms with Crippen molar-refractivity contribution in [1.82, 2.24) is 9.97 Å². The van der Waals surface area contributed by atoms with Gasteiger partial charge in [-0.3, -0.25) is 0 Å². The molecule has 1 aliphatic heterocycles. The molecule has 1 aromatic rings. The van der Waals surface area contributed by atoms with Gasteiger partial charge < -0.3 is 9.84 Å². The normalized spacial score (nSPS) is 22.4. The van der Waals surface area contributed by atoms with Crippen LogP contribution in [0.2, 0.25) is 0 Å². The van der Waals surface area contributed by atoms with Gasteiger partial charge in [-0.2, -0.15) is 0 Å². The van der Waals surface area contributed by atoms with E-state index in [-0.39, 0.29) is 11.7 Å². The average molecular weight is 336 g/mol. The number of rotatable bonds is 5. The van der Waals surface area contributed by atoms with Crippen LogP contribution in [0.15, 0.2) is 5.03 Å². The number of carboxylic acids is 1. The Bertz CT molecular complexity index is 567. The summed E-state index contributed by atoms with van der Waals surface area (Å²) in [7, 11) is 0. The van der Waals surface area contributed by atoms with Gasteiger partial charge >= 0.3 is 5.97 Å². The molecule has 0 bridgehead atoms. The third kappa shape index (κ3) is 4.04. The maximum absolute atomic E-state index is 11.6. The van der Waals surface area contributed by atoms with Crippen LogP contribution in [-0.4, -0.2) is 39.5 Å². The van der Waals surface area contributed by atoms with Crippen LogP contribution in [0.5, 0.6) is 0 Å². The highest BCUT2D eigenvalue weighted by molar-refractivity contribution is 7.99. The number of carboxylic acid groups (broad SMARTS) is 1. The van der Waals surface area contributed by atoms with Gasteiger partial charge in [-0.25, -0.2) is 14.8 Å². The maximum atomic E-state index is 11.6. The van der Waals surface area contributed by atoms with E-state index < -0.39 is 5.97 Å². The quantitative estimate of drug-likeness (QED) is 0.651. The summed E-state index contributed by atoms with van der Waals surface area (Å²) >= 11 is 1.51. The molecule has 6 heteroatoms. The average Bonchev–Trinajstić information content (AvgIpc) is 3.06. The minimum Gasteiger partial charge on any atom is -0.478 e. The van der Waals surface area contributed by atoms with Crippen molar-refractivity contribution in [2.75, 3.05) is 12.4 Å². The molecule has 1 atom stereocenters. The molecule has 2 aliphatic rings. The zero-order chi connectivity index (χ0) is 16.2. The van der Waals surface area contributed by atoms with E-state index >= 15 is 0 Å². The number of carbonyl (C=O) groups is 1. The molecule has 2 heterocycles. The maximum Gasteiger partial charge on any atom is 0.340 e. The summed E-state index contributed by atoms with van der Waals surface area (Å²) in [6, 6.07) is 0. The standard InChI is InChI=1S/C17H24N2O3S/c1-11-14(17(20)21)16(23-10-13-8-5-9-22-13)19-15(18-11)12-6-3-2-4-7-12/h12-13H,2-10H2,1H3,(H,20,21). The summed E-state index contributed by atoms with van der Waals surface area (Å²) < 4.78 is 5.64. The molecule has 1 aliphatic carbocycles. The van der Waals surface area contributed by atoms with E-state index in [0.717, 1.165) is 43.9 Å². The third-order valence-corrected chi connectivity index (χ3v) is 5.80. The Kier molecular flexibility index (Phi) is 5.54. The molecule has 0 aromatic carbocycles. The lowest BCUT2D eigenvalue weighted by molar-refractivity contribution is 0.0690. The second kappa shape index (κ2) is 7.62. The van der Waals surface area contributed by atoms with Crippen LogP contribution in [0.25, 0.3) is 0 Å². The minimum atomic E-state index is -0.937. The van der Waals surface area contributed by atoms with Crippen LogP contribution < -0.4 is 0 Å². The number of aromatic carboxylic acids is 1. The van der Waals surface area contributed by atoms with Gasteiger partial charge in [0.15, 0.2) is 0 Å². The first-order chi connectivity index (χ1) is 11.1. The second-order valence-electron chi connectivity index (χ2n) is 6.43. The minimum absolute atomic E-state index is 0.218. The lowest BCUT2D eigenvalue weighted by Gasteiger charge is -2.21. The topological polar surface area (TPSA) is 72.3 Å². The Balaban J connectivity index is 1.83. The van der Waals surface area contributed by atoms with E-state index in [1.807, 2.05) is 0 Å². The predicted octanol–water partition coefficient (Wildman–Crippen LogP) is 3.80. The van der Waals surface area contributed by atoms with Gasteiger partial charge in [0.2, 0.25) is 0 Å². The van der Waals surface area contributed by atoms with E-state index in [1.165, 1.54) is 31.0 Å². The molecule has 5 nitrogen and oxygen atoms in total. The van der Waals surface area contributed by atoms with Crippen LogP contribution in [0.1, 0.15) is 72.7 Å². The van der Waals surface area contributed by atoms with Gasteiger partial charge in [0, 0.05) is 18.3 Å². The van der Waals surface area contributed by atoms with Crippen LogP contribution in [0, 0.1) is 6.92 Å². The number of thioether (sulfide) groups is 1. The number of hydrogen-bond acceptors (Lipinski definition) is 5. The number of nitrogens with zero attached hydrogens (tertiary/aromatic N) is 2. The molecule has 0 spiro atoms. The molecule has 23 heavy (non-hydrogen) atoms. The van der Waals surface area contributed by atoms with Crippen molar-refractivity contribution in [2.45, 2.75) is 68.9 Å². The van der Waals surface area contributed by atoms with Crippen LogP contribution in [-0.2, 0) is 4.74 Å². The molecule has 0 amide bonds. The third-order valence-electron chi connectivity index (χ3n) is 4.69. The Morgan fingerprint density at radius 2 is 2.00 bits per heavy atom. The van der Waals surface area contributed by atoms with Crippen molar-refractivity contribution in [3.05, 3.63) is 17.1 Å². The summed E-state index contributed by atoms with van der Waals surface area (Å²) in [5, 5.41) is 10.1. The number of aromatic nitrogens is 2. The summed E-state index contributed by atoms with van der Waals surface area (Å²) in [5.74, 6) is 1.04. The van der Waals surface area contributed by atoms with Crippen molar-refractivity contribution < 1.29 is 14.6 Å². The van der Waals surface area contributed by atoms with Gasteiger partial charge in [-0.15, -0.1) is 11.8 Å². The lowest BCUT2D eigenvalue weighted by Crippen LogP contribution is -2.15. The monoisotopic (exact) mass is 336 g/mol. The zero-order valence-electron chi connectivity index (χ0n) is 13.6. The lowest BCUT2D eigenvalue weighted by atomic mass is 9.88. The predicted molar refractivity (Wildman–Crippen MR) is 89.3 cm³/mol. The van der Waals surface area contributed by atoms with Gasteiger partial charge in [-0.1, -0.05) is 19.3 Å². The highest BCUT2D eigenvalue weighted by atomic mass is 32.2. The fourth-order valence-electron chi connectivity index (χ4n) is 3.41. The van der Waals surface area contributed by atoms with Crippen molar-refractivity contribution >= 4 is 17.7 Å². The number of ether oxygens (including phenoxy) is 1. The van der Waals surface area contributed by atoms with E-state index in [4.69, 9.17) is 4.74 Å². The van der Waals surface area contributed by atoms with E-state index in [0.29, 0.717) is 16.6 Å². The van der Waals surface area contributed by atoms with E-state index in [2.05, 4.69) is 9.97 Å². The molecule has 126 valence electrons. The summed E-state index contributed by atoms with van der Waals surface area (Å²) in [5.41, 5.74) is 0.843. The number of hydrogen-bond donors (Lipinski definition) is 1. The van der Waals surface area contributed by atoms with E-state index in [1.54, 1.807) is 6.92 Å². The molecule has 2 fully saturated rings. The van der Waals surface area contributed by atoms with E-state index in [9.17, 15) is 9.90 Å². The van der Waals surface area contributed by atoms with Crippen molar-refractivity contribution in [1.29, 1.82) is 0 Å². The van der Waals surface area contributed by atoms with Gasteiger partial charge in [0.05, 0.1) is 11.8 Å². The fourth-order valence-corrected chi connectivity index (χ4v) is 4.55. The van der Waals surface area contributed by atoms with Gasteiger partial charge in [0.1, 0.15) is 16.4 Å². The number of aryl methyl sites for hydroxylation is 1. The first kappa shape index (κ1) is 16.7. The van der Waals surface area contributed by atoms with Crippen molar-refractivity contribution in [3.63, 3.8) is 0 Å². The molecule has 3 rings (SSSR count). The molecular weight excluding hydrogens is 312 g/mol. The van der Waals surface area contributed by atoms with Crippen LogP contribution in [0.4, 0.5) is 0 Å². The van der Waals surface area contributed by atoms with Crippen LogP contribution in [0.3, 0.4) is 0 Å². The molecule has 0 radical (unpaired) electrons. The molecule has 1 N–H and O–H groups in total. The molecule has 1 unspecified atom stereocenters. The Hall–Kier alpha value is -1.14. The molecule has 1 saturated heterocycles. The second-order valence-corrected chi connectivity index (χ2v) is 7.44. The summed E-state index contributed by atoms with van der Waals surface area (Å²) in [6.45, 7) is 2.60. The molecular formula is C17H24N2O3S. The first-order valence-corrected chi connectivity index (χ1v) is 9.50. The molecule has 1 saturated carbocycles. The van der Waals surface area contributed by atoms with Gasteiger partial charge in [-0.05, 0) is 32.6 Å². The zero-order valence-corrected chi connectivity index (χ0v) is 14.4. The Morgan fingerprint density at radius 1 is 1.22 bits per heavy atom.